The number of fused-ring (bicyclic) bond motifs is 1. The first-order valence-electron chi connectivity index (χ1n) is 2.84. The van der Waals surface area contributed by atoms with Crippen LogP contribution >= 0.6 is 0 Å². The molecule has 0 fully saturated rings. The third kappa shape index (κ3) is 0.556. The minimum Gasteiger partial charge on any atom is -0.366 e. The predicted molar refractivity (Wildman–Crippen MR) is 34.2 cm³/mol. The third-order valence-corrected chi connectivity index (χ3v) is 1.36. The lowest BCUT2D eigenvalue weighted by molar-refractivity contribution is 0.361. The van der Waals surface area contributed by atoms with Crippen LogP contribution in [0.15, 0.2) is 23.1 Å². The Bertz CT molecular complexity index is 400. The van der Waals surface area contributed by atoms with E-state index in [1.807, 2.05) is 0 Å². The molecule has 0 aliphatic heterocycles. The number of nitrogens with one attached hydrogen (secondary N) is 2. The fourth-order valence-electron chi connectivity index (χ4n) is 0.864. The quantitative estimate of drug-likeness (QED) is 0.556. The van der Waals surface area contributed by atoms with Crippen LogP contribution in [0.3, 0.4) is 0 Å². The summed E-state index contributed by atoms with van der Waals surface area (Å²) >= 11 is 0. The molecule has 4 nitrogen and oxygen atoms in total. The van der Waals surface area contributed by atoms with Gasteiger partial charge in [-0.3, -0.25) is 5.41 Å². The maximum absolute atomic E-state index is 7.23. The molecule has 10 heavy (non-hydrogen) atoms. The topological polar surface area (TPSA) is 65.7 Å². The van der Waals surface area contributed by atoms with Gasteiger partial charge in [-0.05, 0) is 0 Å². The van der Waals surface area contributed by atoms with E-state index in [9.17, 15) is 0 Å². The van der Waals surface area contributed by atoms with Crippen LogP contribution in [-0.2, 0) is 0 Å². The Morgan fingerprint density at radius 1 is 1.50 bits per heavy atom. The van der Waals surface area contributed by atoms with Crippen LogP contribution in [0.1, 0.15) is 0 Å². The average molecular weight is 135 g/mol. The van der Waals surface area contributed by atoms with E-state index in [-0.39, 0.29) is 5.55 Å². The molecule has 2 heterocycles. The molecule has 0 bridgehead atoms. The summed E-state index contributed by atoms with van der Waals surface area (Å²) in [6.45, 7) is 0. The molecular weight excluding hydrogens is 130 g/mol. The molecule has 0 unspecified atom stereocenters. The van der Waals surface area contributed by atoms with Gasteiger partial charge in [-0.25, -0.2) is 0 Å². The highest BCUT2D eigenvalue weighted by atomic mass is 16.5. The molecule has 2 rings (SSSR count). The van der Waals surface area contributed by atoms with E-state index >= 15 is 0 Å². The van der Waals surface area contributed by atoms with Crippen molar-refractivity contribution in [3.63, 3.8) is 0 Å². The van der Waals surface area contributed by atoms with Gasteiger partial charge >= 0.3 is 0 Å². The van der Waals surface area contributed by atoms with Crippen LogP contribution in [0, 0.1) is 5.41 Å². The Hall–Kier alpha value is -1.58. The summed E-state index contributed by atoms with van der Waals surface area (Å²) in [4.78, 5) is 2.86. The molecule has 0 radical (unpaired) electrons. The normalized spacial score (nSPS) is 10.4. The van der Waals surface area contributed by atoms with Crippen molar-refractivity contribution >= 4 is 10.8 Å². The highest BCUT2D eigenvalue weighted by Gasteiger charge is 1.95. The third-order valence-electron chi connectivity index (χ3n) is 1.36. The molecule has 0 aliphatic rings. The summed E-state index contributed by atoms with van der Waals surface area (Å²) in [5.41, 5.74) is 0.0961. The van der Waals surface area contributed by atoms with Gasteiger partial charge in [-0.15, -0.1) is 0 Å². The maximum Gasteiger partial charge on any atom is 0.250 e. The number of nitrogens with zero attached hydrogens (tertiary/aromatic N) is 1. The highest BCUT2D eigenvalue weighted by molar-refractivity contribution is 5.78. The lowest BCUT2D eigenvalue weighted by Gasteiger charge is -1.82. The zero-order valence-electron chi connectivity index (χ0n) is 5.09. The number of hydrogen-bond donors (Lipinski definition) is 2. The van der Waals surface area contributed by atoms with E-state index < -0.39 is 0 Å². The van der Waals surface area contributed by atoms with E-state index in [1.165, 1.54) is 0 Å². The molecule has 4 heteroatoms. The fourth-order valence-corrected chi connectivity index (χ4v) is 0.864. The number of aromatic nitrogens is 2. The van der Waals surface area contributed by atoms with Crippen molar-refractivity contribution < 1.29 is 4.52 Å². The van der Waals surface area contributed by atoms with Gasteiger partial charge < -0.3 is 9.51 Å². The van der Waals surface area contributed by atoms with Crippen LogP contribution in [0.2, 0.25) is 0 Å². The van der Waals surface area contributed by atoms with E-state index in [2.05, 4.69) is 14.7 Å². The largest absolute Gasteiger partial charge is 0.366 e. The molecule has 50 valence electrons. The molecule has 0 aromatic carbocycles. The lowest BCUT2D eigenvalue weighted by atomic mass is 10.3. The average Bonchev–Trinajstić information content (AvgIpc) is 2.36. The van der Waals surface area contributed by atoms with Gasteiger partial charge in [0.05, 0.1) is 11.6 Å². The number of aromatic amines is 1. The van der Waals surface area contributed by atoms with Crippen molar-refractivity contribution in [1.82, 2.24) is 10.1 Å². The maximum atomic E-state index is 7.23. The van der Waals surface area contributed by atoms with Gasteiger partial charge in [0, 0.05) is 17.8 Å². The molecule has 0 spiro atoms. The van der Waals surface area contributed by atoms with Gasteiger partial charge in [0.1, 0.15) is 0 Å². The van der Waals surface area contributed by atoms with Crippen molar-refractivity contribution in [2.45, 2.75) is 0 Å². The minimum absolute atomic E-state index is 0.0961. The summed E-state index contributed by atoms with van der Waals surface area (Å²) in [5, 5.41) is 12.4. The van der Waals surface area contributed by atoms with Gasteiger partial charge in [0.2, 0.25) is 0 Å². The minimum atomic E-state index is 0.0961. The van der Waals surface area contributed by atoms with Gasteiger partial charge in [0.25, 0.3) is 5.55 Å². The van der Waals surface area contributed by atoms with Crippen molar-refractivity contribution in [2.75, 3.05) is 0 Å². The predicted octanol–water partition coefficient (Wildman–Crippen LogP) is 0.635. The molecule has 0 atom stereocenters. The monoisotopic (exact) mass is 135 g/mol. The van der Waals surface area contributed by atoms with Gasteiger partial charge in [0.15, 0.2) is 0 Å². The molecule has 0 saturated heterocycles. The molecule has 2 aromatic rings. The first-order chi connectivity index (χ1) is 4.88. The van der Waals surface area contributed by atoms with E-state index in [0.717, 1.165) is 10.8 Å². The summed E-state index contributed by atoms with van der Waals surface area (Å²) in [7, 11) is 0. The Kier molecular flexibility index (Phi) is 0.887. The van der Waals surface area contributed by atoms with Crippen LogP contribution in [-0.4, -0.2) is 10.1 Å². The first kappa shape index (κ1) is 5.22. The van der Waals surface area contributed by atoms with Crippen LogP contribution in [0.5, 0.6) is 0 Å². The van der Waals surface area contributed by atoms with Gasteiger partial charge in [-0.2, -0.15) is 0 Å². The summed E-state index contributed by atoms with van der Waals surface area (Å²) in [6, 6.07) is 0. The highest BCUT2D eigenvalue weighted by Crippen LogP contribution is 2.03. The van der Waals surface area contributed by atoms with Crippen LogP contribution < -0.4 is 5.55 Å². The van der Waals surface area contributed by atoms with E-state index in [1.54, 1.807) is 18.6 Å². The Labute approximate surface area is 56.0 Å². The van der Waals surface area contributed by atoms with Gasteiger partial charge in [-0.1, -0.05) is 5.16 Å². The second-order valence-electron chi connectivity index (χ2n) is 1.98. The van der Waals surface area contributed by atoms with Crippen LogP contribution in [0.25, 0.3) is 10.8 Å². The second-order valence-corrected chi connectivity index (χ2v) is 1.98. The van der Waals surface area contributed by atoms with Crippen molar-refractivity contribution in [3.8, 4) is 0 Å². The zero-order chi connectivity index (χ0) is 6.97. The van der Waals surface area contributed by atoms with Crippen molar-refractivity contribution in [2.24, 2.45) is 0 Å². The molecule has 0 aliphatic carbocycles. The Morgan fingerprint density at radius 3 is 3.20 bits per heavy atom. The number of hydrogen-bond acceptors (Lipinski definition) is 3. The summed E-state index contributed by atoms with van der Waals surface area (Å²) in [6.07, 6.45) is 5.06. The Balaban J connectivity index is 3.09. The standard InChI is InChI=1S/C6H5N3O/c7-6-5-3-8-1-4(5)2-9-10-6/h1-3,7-8H. The fraction of sp³-hybridized carbons (Fsp3) is 0. The summed E-state index contributed by atoms with van der Waals surface area (Å²) in [5.74, 6) is 0. The smallest absolute Gasteiger partial charge is 0.250 e. The summed E-state index contributed by atoms with van der Waals surface area (Å²) < 4.78 is 4.60. The molecular formula is C6H5N3O. The number of H-pyrrole nitrogens is 1. The zero-order valence-corrected chi connectivity index (χ0v) is 5.09. The van der Waals surface area contributed by atoms with E-state index in [4.69, 9.17) is 5.41 Å². The van der Waals surface area contributed by atoms with E-state index in [0.29, 0.717) is 0 Å². The SMILES string of the molecule is N=c1oncc2c[nH]cc12. The Morgan fingerprint density at radius 2 is 2.40 bits per heavy atom. The first-order valence-corrected chi connectivity index (χ1v) is 2.84. The molecule has 0 amide bonds. The molecule has 0 saturated carbocycles. The lowest BCUT2D eigenvalue weighted by Crippen LogP contribution is -1.97. The van der Waals surface area contributed by atoms with Crippen molar-refractivity contribution in [1.29, 1.82) is 5.41 Å². The van der Waals surface area contributed by atoms with Crippen LogP contribution in [0.4, 0.5) is 0 Å². The molecule has 2 aromatic heterocycles. The molecule has 2 N–H and O–H groups in total. The second kappa shape index (κ2) is 1.70. The number of rotatable bonds is 0. The van der Waals surface area contributed by atoms with Crippen molar-refractivity contribution in [3.05, 3.63) is 24.1 Å².